The standard InChI is InChI=1S/C12H23N3O/c1-4-12(16,9-13)6-5-7-15-11(3)8-10(2)14-15/h8,16H,4-7,9,13H2,1-3H3. The Bertz CT molecular complexity index is 329. The lowest BCUT2D eigenvalue weighted by molar-refractivity contribution is 0.0331. The fraction of sp³-hybridized carbons (Fsp3) is 0.750. The van der Waals surface area contributed by atoms with Gasteiger partial charge in [0, 0.05) is 18.8 Å². The van der Waals surface area contributed by atoms with Crippen molar-refractivity contribution in [3.63, 3.8) is 0 Å². The van der Waals surface area contributed by atoms with E-state index in [0.717, 1.165) is 25.1 Å². The van der Waals surface area contributed by atoms with Crippen LogP contribution in [0.15, 0.2) is 6.07 Å². The quantitative estimate of drug-likeness (QED) is 0.768. The van der Waals surface area contributed by atoms with Gasteiger partial charge in [0.15, 0.2) is 0 Å². The first-order valence-electron chi connectivity index (χ1n) is 5.94. The third-order valence-electron chi connectivity index (χ3n) is 3.15. The molecule has 4 heteroatoms. The van der Waals surface area contributed by atoms with Crippen molar-refractivity contribution in [1.82, 2.24) is 9.78 Å². The zero-order chi connectivity index (χ0) is 12.2. The SMILES string of the molecule is CCC(O)(CN)CCCn1nc(C)cc1C. The minimum Gasteiger partial charge on any atom is -0.389 e. The van der Waals surface area contributed by atoms with Crippen LogP contribution in [0.2, 0.25) is 0 Å². The Morgan fingerprint density at radius 2 is 2.19 bits per heavy atom. The van der Waals surface area contributed by atoms with Gasteiger partial charge < -0.3 is 10.8 Å². The van der Waals surface area contributed by atoms with Gasteiger partial charge in [0.2, 0.25) is 0 Å². The molecule has 1 atom stereocenters. The maximum absolute atomic E-state index is 10.0. The predicted molar refractivity (Wildman–Crippen MR) is 65.2 cm³/mol. The molecule has 0 spiro atoms. The fourth-order valence-corrected chi connectivity index (χ4v) is 1.88. The summed E-state index contributed by atoms with van der Waals surface area (Å²) in [6, 6.07) is 2.06. The first kappa shape index (κ1) is 13.2. The molecule has 1 aromatic heterocycles. The number of rotatable bonds is 6. The molecule has 0 aliphatic rings. The fourth-order valence-electron chi connectivity index (χ4n) is 1.88. The summed E-state index contributed by atoms with van der Waals surface area (Å²) >= 11 is 0. The topological polar surface area (TPSA) is 64.1 Å². The normalized spacial score (nSPS) is 15.1. The van der Waals surface area contributed by atoms with Crippen LogP contribution in [0.4, 0.5) is 0 Å². The van der Waals surface area contributed by atoms with Gasteiger partial charge in [0.1, 0.15) is 0 Å². The minimum absolute atomic E-state index is 0.334. The molecule has 1 rings (SSSR count). The van der Waals surface area contributed by atoms with E-state index in [4.69, 9.17) is 5.73 Å². The molecule has 0 amide bonds. The molecule has 16 heavy (non-hydrogen) atoms. The summed E-state index contributed by atoms with van der Waals surface area (Å²) in [5.74, 6) is 0. The largest absolute Gasteiger partial charge is 0.389 e. The number of nitrogens with two attached hydrogens (primary N) is 1. The van der Waals surface area contributed by atoms with Gasteiger partial charge in [-0.15, -0.1) is 0 Å². The molecule has 92 valence electrons. The summed E-state index contributed by atoms with van der Waals surface area (Å²) in [5.41, 5.74) is 7.08. The van der Waals surface area contributed by atoms with Gasteiger partial charge in [-0.25, -0.2) is 0 Å². The summed E-state index contributed by atoms with van der Waals surface area (Å²) < 4.78 is 1.99. The van der Waals surface area contributed by atoms with Gasteiger partial charge in [0.05, 0.1) is 11.3 Å². The van der Waals surface area contributed by atoms with Gasteiger partial charge in [-0.2, -0.15) is 5.10 Å². The predicted octanol–water partition coefficient (Wildman–Crippen LogP) is 1.38. The van der Waals surface area contributed by atoms with Crippen LogP contribution in [0.25, 0.3) is 0 Å². The summed E-state index contributed by atoms with van der Waals surface area (Å²) in [4.78, 5) is 0. The van der Waals surface area contributed by atoms with E-state index < -0.39 is 5.60 Å². The minimum atomic E-state index is -0.698. The monoisotopic (exact) mass is 225 g/mol. The molecular formula is C12H23N3O. The van der Waals surface area contributed by atoms with E-state index >= 15 is 0 Å². The lowest BCUT2D eigenvalue weighted by Gasteiger charge is -2.24. The van der Waals surface area contributed by atoms with Crippen molar-refractivity contribution >= 4 is 0 Å². The molecule has 0 saturated heterocycles. The highest BCUT2D eigenvalue weighted by Crippen LogP contribution is 2.16. The lowest BCUT2D eigenvalue weighted by atomic mass is 9.95. The Kier molecular flexibility index (Phi) is 4.50. The smallest absolute Gasteiger partial charge is 0.0767 e. The van der Waals surface area contributed by atoms with Gasteiger partial charge in [0.25, 0.3) is 0 Å². The average Bonchev–Trinajstić information content (AvgIpc) is 2.57. The number of aromatic nitrogens is 2. The third kappa shape index (κ3) is 3.32. The van der Waals surface area contributed by atoms with E-state index in [1.165, 1.54) is 5.69 Å². The summed E-state index contributed by atoms with van der Waals surface area (Å²) in [6.07, 6.45) is 2.35. The lowest BCUT2D eigenvalue weighted by Crippen LogP contribution is -2.37. The van der Waals surface area contributed by atoms with Crippen LogP contribution in [0.3, 0.4) is 0 Å². The third-order valence-corrected chi connectivity index (χ3v) is 3.15. The number of aryl methyl sites for hydroxylation is 3. The van der Waals surface area contributed by atoms with Crippen LogP contribution in [0.5, 0.6) is 0 Å². The molecule has 0 aliphatic carbocycles. The van der Waals surface area contributed by atoms with Gasteiger partial charge >= 0.3 is 0 Å². The van der Waals surface area contributed by atoms with E-state index in [9.17, 15) is 5.11 Å². The molecule has 1 unspecified atom stereocenters. The van der Waals surface area contributed by atoms with E-state index in [-0.39, 0.29) is 0 Å². The van der Waals surface area contributed by atoms with E-state index in [1.54, 1.807) is 0 Å². The number of hydrogen-bond acceptors (Lipinski definition) is 3. The molecule has 4 nitrogen and oxygen atoms in total. The highest BCUT2D eigenvalue weighted by molar-refractivity contribution is 5.06. The molecule has 0 saturated carbocycles. The molecule has 0 aromatic carbocycles. The van der Waals surface area contributed by atoms with Crippen molar-refractivity contribution in [2.45, 2.75) is 52.2 Å². The second-order valence-corrected chi connectivity index (χ2v) is 4.54. The van der Waals surface area contributed by atoms with Crippen LogP contribution in [-0.4, -0.2) is 27.0 Å². The zero-order valence-electron chi connectivity index (χ0n) is 10.5. The van der Waals surface area contributed by atoms with E-state index in [1.807, 2.05) is 18.5 Å². The first-order valence-corrected chi connectivity index (χ1v) is 5.94. The molecule has 1 aromatic rings. The van der Waals surface area contributed by atoms with Crippen molar-refractivity contribution in [2.24, 2.45) is 5.73 Å². The Balaban J connectivity index is 2.44. The summed E-state index contributed by atoms with van der Waals surface area (Å²) in [6.45, 7) is 7.19. The first-order chi connectivity index (χ1) is 7.50. The van der Waals surface area contributed by atoms with Gasteiger partial charge in [-0.05, 0) is 39.2 Å². The van der Waals surface area contributed by atoms with Crippen LogP contribution in [0.1, 0.15) is 37.6 Å². The van der Waals surface area contributed by atoms with Gasteiger partial charge in [-0.3, -0.25) is 4.68 Å². The molecule has 0 bridgehead atoms. The molecular weight excluding hydrogens is 202 g/mol. The van der Waals surface area contributed by atoms with Crippen LogP contribution in [0, 0.1) is 13.8 Å². The zero-order valence-corrected chi connectivity index (χ0v) is 10.5. The maximum Gasteiger partial charge on any atom is 0.0767 e. The maximum atomic E-state index is 10.0. The van der Waals surface area contributed by atoms with Crippen molar-refractivity contribution in [3.8, 4) is 0 Å². The Labute approximate surface area is 97.5 Å². The number of aliphatic hydroxyl groups is 1. The summed E-state index contributed by atoms with van der Waals surface area (Å²) in [5, 5.41) is 14.4. The Morgan fingerprint density at radius 3 is 2.62 bits per heavy atom. The number of nitrogens with zero attached hydrogens (tertiary/aromatic N) is 2. The second kappa shape index (κ2) is 5.46. The molecule has 0 radical (unpaired) electrons. The highest BCUT2D eigenvalue weighted by atomic mass is 16.3. The van der Waals surface area contributed by atoms with Crippen molar-refractivity contribution in [3.05, 3.63) is 17.5 Å². The molecule has 1 heterocycles. The summed E-state index contributed by atoms with van der Waals surface area (Å²) in [7, 11) is 0. The molecule has 0 aliphatic heterocycles. The molecule has 0 fully saturated rings. The van der Waals surface area contributed by atoms with Crippen molar-refractivity contribution in [1.29, 1.82) is 0 Å². The van der Waals surface area contributed by atoms with Crippen molar-refractivity contribution < 1.29 is 5.11 Å². The molecule has 3 N–H and O–H groups in total. The Morgan fingerprint density at radius 1 is 1.50 bits per heavy atom. The van der Waals surface area contributed by atoms with Crippen LogP contribution >= 0.6 is 0 Å². The Hall–Kier alpha value is -0.870. The van der Waals surface area contributed by atoms with Crippen LogP contribution < -0.4 is 5.73 Å². The van der Waals surface area contributed by atoms with Crippen molar-refractivity contribution in [2.75, 3.05) is 6.54 Å². The van der Waals surface area contributed by atoms with Crippen LogP contribution in [-0.2, 0) is 6.54 Å². The average molecular weight is 225 g/mol. The van der Waals surface area contributed by atoms with E-state index in [0.29, 0.717) is 13.0 Å². The highest BCUT2D eigenvalue weighted by Gasteiger charge is 2.21. The van der Waals surface area contributed by atoms with E-state index in [2.05, 4.69) is 18.1 Å². The second-order valence-electron chi connectivity index (χ2n) is 4.54. The van der Waals surface area contributed by atoms with Gasteiger partial charge in [-0.1, -0.05) is 6.92 Å². The number of hydrogen-bond donors (Lipinski definition) is 2.